The van der Waals surface area contributed by atoms with Crippen LogP contribution in [-0.4, -0.2) is 50.0 Å². The number of rotatable bonds is 11. The summed E-state index contributed by atoms with van der Waals surface area (Å²) in [7, 11) is -4.00. The van der Waals surface area contributed by atoms with E-state index in [-0.39, 0.29) is 50.7 Å². The van der Waals surface area contributed by atoms with Crippen LogP contribution in [0, 0.1) is 0 Å². The van der Waals surface area contributed by atoms with Crippen molar-refractivity contribution in [3.63, 3.8) is 0 Å². The van der Waals surface area contributed by atoms with Crippen molar-refractivity contribution in [2.24, 2.45) is 0 Å². The lowest BCUT2D eigenvalue weighted by atomic mass is 10.1. The van der Waals surface area contributed by atoms with E-state index in [4.69, 9.17) is 58.0 Å². The van der Waals surface area contributed by atoms with Gasteiger partial charge in [-0.25, -0.2) is 8.42 Å². The molecule has 0 aliphatic heterocycles. The summed E-state index contributed by atoms with van der Waals surface area (Å²) in [5, 5.41) is 3.70. The molecule has 2 rings (SSSR count). The monoisotopic (exact) mass is 629 g/mol. The maximum absolute atomic E-state index is 13.7. The summed E-state index contributed by atoms with van der Waals surface area (Å²) in [5.74, 6) is -0.992. The van der Waals surface area contributed by atoms with Crippen LogP contribution in [-0.2, 0) is 26.2 Å². The fourth-order valence-corrected chi connectivity index (χ4v) is 5.36. The lowest BCUT2D eigenvalue weighted by molar-refractivity contribution is -0.140. The van der Waals surface area contributed by atoms with E-state index in [1.165, 1.54) is 17.0 Å². The van der Waals surface area contributed by atoms with Crippen molar-refractivity contribution in [2.45, 2.75) is 52.2 Å². The number of hydrogen-bond donors (Lipinski definition) is 1. The number of nitrogens with one attached hydrogen (secondary N) is 1. The van der Waals surface area contributed by atoms with Crippen LogP contribution in [0.15, 0.2) is 30.3 Å². The standard InChI is InChI=1S/C24H28Cl5N3O4S/c1-5-14(3)30-24(34)21(6-2)31(12-15-7-8-16(25)17(26)9-15)23(33)13-32(37(4,35)36)22-11-19(28)18(27)10-20(22)29/h7-11,14,21H,5-6,12-13H2,1-4H3,(H,30,34)/t14-,21+/m1/s1. The number of hydrogen-bond acceptors (Lipinski definition) is 4. The predicted molar refractivity (Wildman–Crippen MR) is 153 cm³/mol. The molecule has 0 heterocycles. The Kier molecular flexibility index (Phi) is 11.7. The molecule has 0 saturated carbocycles. The molecule has 0 saturated heterocycles. The minimum absolute atomic E-state index is 0.00906. The molecular weight excluding hydrogens is 604 g/mol. The van der Waals surface area contributed by atoms with Gasteiger partial charge in [0.2, 0.25) is 21.8 Å². The number of halogens is 5. The van der Waals surface area contributed by atoms with E-state index in [9.17, 15) is 18.0 Å². The van der Waals surface area contributed by atoms with Gasteiger partial charge in [-0.05, 0) is 49.6 Å². The highest BCUT2D eigenvalue weighted by atomic mass is 35.5. The fourth-order valence-electron chi connectivity index (χ4n) is 3.49. The maximum Gasteiger partial charge on any atom is 0.244 e. The summed E-state index contributed by atoms with van der Waals surface area (Å²) in [6.45, 7) is 4.89. The quantitative estimate of drug-likeness (QED) is 0.289. The Labute approximate surface area is 243 Å². The van der Waals surface area contributed by atoms with Gasteiger partial charge in [0, 0.05) is 12.6 Å². The first-order valence-corrected chi connectivity index (χ1v) is 15.1. The molecule has 2 amide bonds. The van der Waals surface area contributed by atoms with Gasteiger partial charge < -0.3 is 10.2 Å². The van der Waals surface area contributed by atoms with Crippen molar-refractivity contribution in [1.29, 1.82) is 0 Å². The molecule has 0 fully saturated rings. The minimum atomic E-state index is -4.00. The van der Waals surface area contributed by atoms with E-state index in [1.807, 2.05) is 13.8 Å². The Morgan fingerprint density at radius 3 is 2.03 bits per heavy atom. The van der Waals surface area contributed by atoms with Gasteiger partial charge in [0.1, 0.15) is 12.6 Å². The van der Waals surface area contributed by atoms with E-state index >= 15 is 0 Å². The smallest absolute Gasteiger partial charge is 0.244 e. The molecule has 0 bridgehead atoms. The van der Waals surface area contributed by atoms with E-state index in [0.29, 0.717) is 17.0 Å². The van der Waals surface area contributed by atoms with E-state index in [2.05, 4.69) is 5.32 Å². The van der Waals surface area contributed by atoms with Crippen molar-refractivity contribution in [2.75, 3.05) is 17.1 Å². The number of sulfonamides is 1. The number of carbonyl (C=O) groups excluding carboxylic acids is 2. The molecule has 0 aromatic heterocycles. The molecule has 0 spiro atoms. The average Bonchev–Trinajstić information content (AvgIpc) is 2.81. The highest BCUT2D eigenvalue weighted by molar-refractivity contribution is 7.92. The Bertz CT molecular complexity index is 1260. The van der Waals surface area contributed by atoms with Gasteiger partial charge in [-0.15, -0.1) is 0 Å². The number of carbonyl (C=O) groups is 2. The molecule has 2 atom stereocenters. The molecule has 0 aliphatic carbocycles. The van der Waals surface area contributed by atoms with Gasteiger partial charge in [-0.3, -0.25) is 13.9 Å². The first-order valence-electron chi connectivity index (χ1n) is 11.4. The first kappa shape index (κ1) is 31.8. The van der Waals surface area contributed by atoms with Crippen LogP contribution in [0.25, 0.3) is 0 Å². The van der Waals surface area contributed by atoms with Crippen molar-refractivity contribution < 1.29 is 18.0 Å². The molecule has 2 aromatic rings. The fraction of sp³-hybridized carbons (Fsp3) is 0.417. The SMILES string of the molecule is CC[C@@H](C)NC(=O)[C@H](CC)N(Cc1ccc(Cl)c(Cl)c1)C(=O)CN(c1cc(Cl)c(Cl)cc1Cl)S(C)(=O)=O. The Morgan fingerprint density at radius 1 is 0.892 bits per heavy atom. The van der Waals surface area contributed by atoms with Crippen LogP contribution >= 0.6 is 58.0 Å². The second kappa shape index (κ2) is 13.6. The van der Waals surface area contributed by atoms with Crippen molar-refractivity contribution in [3.8, 4) is 0 Å². The highest BCUT2D eigenvalue weighted by Gasteiger charge is 2.33. The van der Waals surface area contributed by atoms with Gasteiger partial charge in [0.25, 0.3) is 0 Å². The number of anilines is 1. The molecule has 204 valence electrons. The third-order valence-electron chi connectivity index (χ3n) is 5.66. The summed E-state index contributed by atoms with van der Waals surface area (Å²) < 4.78 is 26.3. The van der Waals surface area contributed by atoms with Crippen LogP contribution in [0.4, 0.5) is 5.69 Å². The first-order chi connectivity index (χ1) is 17.2. The van der Waals surface area contributed by atoms with Crippen molar-refractivity contribution in [3.05, 3.63) is 61.0 Å². The van der Waals surface area contributed by atoms with E-state index in [1.54, 1.807) is 25.1 Å². The van der Waals surface area contributed by atoms with Crippen molar-refractivity contribution in [1.82, 2.24) is 10.2 Å². The minimum Gasteiger partial charge on any atom is -0.352 e. The Hall–Kier alpha value is -1.42. The number of amides is 2. The van der Waals surface area contributed by atoms with Crippen LogP contribution in [0.3, 0.4) is 0 Å². The lowest BCUT2D eigenvalue weighted by Crippen LogP contribution is -2.53. The predicted octanol–water partition coefficient (Wildman–Crippen LogP) is 6.44. The Morgan fingerprint density at radius 2 is 1.49 bits per heavy atom. The maximum atomic E-state index is 13.7. The van der Waals surface area contributed by atoms with Crippen LogP contribution in [0.1, 0.15) is 39.2 Å². The Balaban J connectivity index is 2.53. The second-order valence-corrected chi connectivity index (χ2v) is 12.4. The molecule has 0 unspecified atom stereocenters. The van der Waals surface area contributed by atoms with Crippen molar-refractivity contribution >= 4 is 85.5 Å². The zero-order chi connectivity index (χ0) is 28.1. The largest absolute Gasteiger partial charge is 0.352 e. The summed E-state index contributed by atoms with van der Waals surface area (Å²) in [6.07, 6.45) is 1.91. The molecule has 0 aliphatic rings. The second-order valence-electron chi connectivity index (χ2n) is 8.50. The average molecular weight is 632 g/mol. The van der Waals surface area contributed by atoms with Crippen LogP contribution < -0.4 is 9.62 Å². The molecule has 0 radical (unpaired) electrons. The zero-order valence-corrected chi connectivity index (χ0v) is 25.3. The molecular formula is C24H28Cl5N3O4S. The van der Waals surface area contributed by atoms with Gasteiger partial charge in [-0.1, -0.05) is 77.9 Å². The van der Waals surface area contributed by atoms with E-state index < -0.39 is 28.5 Å². The van der Waals surface area contributed by atoms with Gasteiger partial charge in [0.15, 0.2) is 0 Å². The topological polar surface area (TPSA) is 86.8 Å². The van der Waals surface area contributed by atoms with Gasteiger partial charge >= 0.3 is 0 Å². The zero-order valence-electron chi connectivity index (χ0n) is 20.7. The molecule has 1 N–H and O–H groups in total. The summed E-state index contributed by atoms with van der Waals surface area (Å²) >= 11 is 30.6. The van der Waals surface area contributed by atoms with Crippen LogP contribution in [0.2, 0.25) is 25.1 Å². The normalized spacial score (nSPS) is 13.1. The molecule has 37 heavy (non-hydrogen) atoms. The third kappa shape index (κ3) is 8.53. The lowest BCUT2D eigenvalue weighted by Gasteiger charge is -2.33. The molecule has 7 nitrogen and oxygen atoms in total. The molecule has 13 heteroatoms. The summed E-state index contributed by atoms with van der Waals surface area (Å²) in [5.41, 5.74) is 0.592. The van der Waals surface area contributed by atoms with Crippen LogP contribution in [0.5, 0.6) is 0 Å². The van der Waals surface area contributed by atoms with Gasteiger partial charge in [0.05, 0.1) is 37.1 Å². The summed E-state index contributed by atoms with van der Waals surface area (Å²) in [4.78, 5) is 28.2. The molecule has 2 aromatic carbocycles. The number of benzene rings is 2. The third-order valence-corrected chi connectivity index (χ3v) is 8.55. The van der Waals surface area contributed by atoms with Gasteiger partial charge in [-0.2, -0.15) is 0 Å². The van der Waals surface area contributed by atoms with E-state index in [0.717, 1.165) is 10.6 Å². The summed E-state index contributed by atoms with van der Waals surface area (Å²) in [6, 6.07) is 6.42. The highest BCUT2D eigenvalue weighted by Crippen LogP contribution is 2.35. The number of nitrogens with zero attached hydrogens (tertiary/aromatic N) is 2.